The first kappa shape index (κ1) is 11.6. The smallest absolute Gasteiger partial charge is 0.269 e. The van der Waals surface area contributed by atoms with Crippen molar-refractivity contribution in [3.05, 3.63) is 35.9 Å². The van der Waals surface area contributed by atoms with E-state index in [1.54, 1.807) is 7.05 Å². The van der Waals surface area contributed by atoms with Crippen molar-refractivity contribution in [2.45, 2.75) is 25.4 Å². The van der Waals surface area contributed by atoms with Crippen molar-refractivity contribution < 1.29 is 9.63 Å². The maximum atomic E-state index is 11.8. The number of hydrogen-bond donors (Lipinski definition) is 1. The fourth-order valence-electron chi connectivity index (χ4n) is 2.11. The summed E-state index contributed by atoms with van der Waals surface area (Å²) in [6.07, 6.45) is 0. The fourth-order valence-corrected chi connectivity index (χ4v) is 2.11. The van der Waals surface area contributed by atoms with Crippen molar-refractivity contribution in [3.63, 3.8) is 0 Å². The molecule has 0 bridgehead atoms. The number of amides is 1. The molecule has 90 valence electrons. The zero-order valence-corrected chi connectivity index (χ0v) is 10.2. The molecule has 1 aromatic rings. The zero-order valence-electron chi connectivity index (χ0n) is 10.2. The Morgan fingerprint density at radius 1 is 1.35 bits per heavy atom. The van der Waals surface area contributed by atoms with E-state index in [1.807, 2.05) is 44.2 Å². The lowest BCUT2D eigenvalue weighted by atomic mass is 9.81. The van der Waals surface area contributed by atoms with Gasteiger partial charge in [-0.05, 0) is 19.4 Å². The summed E-state index contributed by atoms with van der Waals surface area (Å²) in [6, 6.07) is 9.82. The van der Waals surface area contributed by atoms with Gasteiger partial charge in [-0.2, -0.15) is 0 Å². The Kier molecular flexibility index (Phi) is 2.88. The SMILES string of the molecule is CNC(=O)C1=NOC(C)(C)C1c1ccccc1. The van der Waals surface area contributed by atoms with Crippen LogP contribution in [0.4, 0.5) is 0 Å². The highest BCUT2D eigenvalue weighted by molar-refractivity contribution is 6.41. The minimum absolute atomic E-state index is 0.136. The molecule has 1 amide bonds. The summed E-state index contributed by atoms with van der Waals surface area (Å²) in [5.41, 5.74) is 0.976. The minimum atomic E-state index is -0.497. The van der Waals surface area contributed by atoms with E-state index >= 15 is 0 Å². The quantitative estimate of drug-likeness (QED) is 0.843. The van der Waals surface area contributed by atoms with E-state index in [-0.39, 0.29) is 11.8 Å². The lowest BCUT2D eigenvalue weighted by Gasteiger charge is -2.25. The van der Waals surface area contributed by atoms with Crippen LogP contribution in [0.15, 0.2) is 35.5 Å². The number of hydrogen-bond acceptors (Lipinski definition) is 3. The molecule has 1 heterocycles. The molecule has 1 N–H and O–H groups in total. The molecule has 1 aromatic carbocycles. The molecule has 0 radical (unpaired) electrons. The van der Waals surface area contributed by atoms with Crippen LogP contribution in [-0.2, 0) is 9.63 Å². The molecule has 1 atom stereocenters. The monoisotopic (exact) mass is 232 g/mol. The summed E-state index contributed by atoms with van der Waals surface area (Å²) in [7, 11) is 1.60. The van der Waals surface area contributed by atoms with Gasteiger partial charge in [-0.25, -0.2) is 0 Å². The predicted molar refractivity (Wildman–Crippen MR) is 65.8 cm³/mol. The van der Waals surface area contributed by atoms with E-state index < -0.39 is 5.60 Å². The third kappa shape index (κ3) is 2.02. The van der Waals surface area contributed by atoms with Gasteiger partial charge < -0.3 is 10.2 Å². The molecule has 1 aliphatic heterocycles. The number of benzene rings is 1. The van der Waals surface area contributed by atoms with Gasteiger partial charge >= 0.3 is 0 Å². The Morgan fingerprint density at radius 3 is 2.59 bits per heavy atom. The Morgan fingerprint density at radius 2 is 2.00 bits per heavy atom. The molecule has 1 unspecified atom stereocenters. The van der Waals surface area contributed by atoms with E-state index in [9.17, 15) is 4.79 Å². The lowest BCUT2D eigenvalue weighted by molar-refractivity contribution is -0.114. The van der Waals surface area contributed by atoms with Crippen LogP contribution in [0.25, 0.3) is 0 Å². The average molecular weight is 232 g/mol. The molecular weight excluding hydrogens is 216 g/mol. The molecule has 0 aliphatic carbocycles. The van der Waals surface area contributed by atoms with Crippen LogP contribution in [0.3, 0.4) is 0 Å². The molecular formula is C13H16N2O2. The third-order valence-corrected chi connectivity index (χ3v) is 2.94. The summed E-state index contributed by atoms with van der Waals surface area (Å²) < 4.78 is 0. The van der Waals surface area contributed by atoms with Gasteiger partial charge in [-0.15, -0.1) is 0 Å². The first-order chi connectivity index (χ1) is 8.06. The second-order valence-corrected chi connectivity index (χ2v) is 4.59. The van der Waals surface area contributed by atoms with Gasteiger partial charge in [0.2, 0.25) is 0 Å². The number of nitrogens with one attached hydrogen (secondary N) is 1. The normalized spacial score (nSPS) is 21.6. The van der Waals surface area contributed by atoms with Gasteiger partial charge in [0.15, 0.2) is 5.71 Å². The van der Waals surface area contributed by atoms with Crippen LogP contribution in [0.5, 0.6) is 0 Å². The first-order valence-electron chi connectivity index (χ1n) is 5.59. The summed E-state index contributed by atoms with van der Waals surface area (Å²) in [5, 5.41) is 6.52. The Balaban J connectivity index is 2.40. The molecule has 0 saturated carbocycles. The molecule has 4 heteroatoms. The van der Waals surface area contributed by atoms with Crippen LogP contribution >= 0.6 is 0 Å². The van der Waals surface area contributed by atoms with Gasteiger partial charge in [0.05, 0.1) is 5.92 Å². The molecule has 0 saturated heterocycles. The Bertz CT molecular complexity index is 452. The number of carbonyl (C=O) groups excluding carboxylic acids is 1. The van der Waals surface area contributed by atoms with Crippen molar-refractivity contribution in [1.29, 1.82) is 0 Å². The van der Waals surface area contributed by atoms with Gasteiger partial charge in [0.1, 0.15) is 5.60 Å². The number of oxime groups is 1. The van der Waals surface area contributed by atoms with Gasteiger partial charge in [0.25, 0.3) is 5.91 Å². The highest BCUT2D eigenvalue weighted by Crippen LogP contribution is 2.37. The molecule has 2 rings (SSSR count). The van der Waals surface area contributed by atoms with Crippen molar-refractivity contribution in [2.75, 3.05) is 7.05 Å². The van der Waals surface area contributed by atoms with Crippen molar-refractivity contribution in [1.82, 2.24) is 5.32 Å². The largest absolute Gasteiger partial charge is 0.388 e. The average Bonchev–Trinajstić information content (AvgIpc) is 2.65. The van der Waals surface area contributed by atoms with Crippen molar-refractivity contribution in [2.24, 2.45) is 5.16 Å². The predicted octanol–water partition coefficient (Wildman–Crippen LogP) is 1.68. The summed E-state index contributed by atoms with van der Waals surface area (Å²) in [6.45, 7) is 3.87. The van der Waals surface area contributed by atoms with Gasteiger partial charge in [-0.3, -0.25) is 4.79 Å². The van der Waals surface area contributed by atoms with Gasteiger partial charge in [-0.1, -0.05) is 35.5 Å². The molecule has 4 nitrogen and oxygen atoms in total. The standard InChI is InChI=1S/C13H16N2O2/c1-13(2)10(9-7-5-4-6-8-9)11(15-17-13)12(16)14-3/h4-8,10H,1-3H3,(H,14,16). The maximum Gasteiger partial charge on any atom is 0.269 e. The fraction of sp³-hybridized carbons (Fsp3) is 0.385. The van der Waals surface area contributed by atoms with Crippen LogP contribution in [0.2, 0.25) is 0 Å². The number of rotatable bonds is 2. The van der Waals surface area contributed by atoms with Crippen LogP contribution in [0, 0.1) is 0 Å². The van der Waals surface area contributed by atoms with E-state index in [4.69, 9.17) is 4.84 Å². The number of nitrogens with zero attached hydrogens (tertiary/aromatic N) is 1. The Labute approximate surface area is 101 Å². The summed E-state index contributed by atoms with van der Waals surface area (Å²) >= 11 is 0. The van der Waals surface area contributed by atoms with E-state index in [2.05, 4.69) is 10.5 Å². The Hall–Kier alpha value is -1.84. The van der Waals surface area contributed by atoms with E-state index in [1.165, 1.54) is 0 Å². The van der Waals surface area contributed by atoms with Crippen molar-refractivity contribution in [3.8, 4) is 0 Å². The lowest BCUT2D eigenvalue weighted by Crippen LogP contribution is -2.37. The van der Waals surface area contributed by atoms with E-state index in [0.29, 0.717) is 5.71 Å². The zero-order chi connectivity index (χ0) is 12.5. The topological polar surface area (TPSA) is 50.7 Å². The highest BCUT2D eigenvalue weighted by atomic mass is 16.7. The second-order valence-electron chi connectivity index (χ2n) is 4.59. The van der Waals surface area contributed by atoms with E-state index in [0.717, 1.165) is 5.56 Å². The highest BCUT2D eigenvalue weighted by Gasteiger charge is 2.44. The third-order valence-electron chi connectivity index (χ3n) is 2.94. The molecule has 0 fully saturated rings. The summed E-state index contributed by atoms with van der Waals surface area (Å²) in [4.78, 5) is 17.1. The van der Waals surface area contributed by atoms with Crippen LogP contribution < -0.4 is 5.32 Å². The van der Waals surface area contributed by atoms with Crippen LogP contribution in [-0.4, -0.2) is 24.3 Å². The van der Waals surface area contributed by atoms with Crippen LogP contribution in [0.1, 0.15) is 25.3 Å². The molecule has 1 aliphatic rings. The molecule has 0 aromatic heterocycles. The van der Waals surface area contributed by atoms with Crippen molar-refractivity contribution >= 4 is 11.6 Å². The first-order valence-corrected chi connectivity index (χ1v) is 5.59. The maximum absolute atomic E-state index is 11.8. The molecule has 17 heavy (non-hydrogen) atoms. The summed E-state index contributed by atoms with van der Waals surface area (Å²) in [5.74, 6) is -0.326. The number of carbonyl (C=O) groups is 1. The second kappa shape index (κ2) is 4.20. The minimum Gasteiger partial charge on any atom is -0.388 e. The van der Waals surface area contributed by atoms with Gasteiger partial charge in [0, 0.05) is 7.05 Å². The molecule has 0 spiro atoms.